The molecule has 2 aromatic carbocycles. The van der Waals surface area contributed by atoms with Gasteiger partial charge in [0, 0.05) is 0 Å². The lowest BCUT2D eigenvalue weighted by Gasteiger charge is -2.22. The monoisotopic (exact) mass is 371 g/mol. The molecule has 2 unspecified atom stereocenters. The molecule has 0 fully saturated rings. The minimum absolute atomic E-state index is 0.00542. The standard InChI is InChI=1S/C21H25NO5/c1-21(2,3)27-16-11-9-15(10-12-16)18(22)17(19(23)24)20(25)26-13-14-7-5-4-6-8-14/h4-12,17-18H,13,22H2,1-3H3,(H,23,24). The lowest BCUT2D eigenvalue weighted by atomic mass is 9.93. The van der Waals surface area contributed by atoms with E-state index in [9.17, 15) is 14.7 Å². The van der Waals surface area contributed by atoms with Crippen molar-refractivity contribution in [2.24, 2.45) is 11.7 Å². The van der Waals surface area contributed by atoms with E-state index in [0.29, 0.717) is 11.3 Å². The molecule has 27 heavy (non-hydrogen) atoms. The van der Waals surface area contributed by atoms with Crippen LogP contribution in [0.3, 0.4) is 0 Å². The van der Waals surface area contributed by atoms with Crippen LogP contribution in [0.25, 0.3) is 0 Å². The van der Waals surface area contributed by atoms with Crippen molar-refractivity contribution in [3.8, 4) is 5.75 Å². The van der Waals surface area contributed by atoms with Crippen LogP contribution in [0.2, 0.25) is 0 Å². The zero-order valence-corrected chi connectivity index (χ0v) is 15.7. The molecular formula is C21H25NO5. The maximum absolute atomic E-state index is 12.3. The molecule has 2 atom stereocenters. The zero-order chi connectivity index (χ0) is 20.0. The van der Waals surface area contributed by atoms with Crippen molar-refractivity contribution in [1.82, 2.24) is 0 Å². The summed E-state index contributed by atoms with van der Waals surface area (Å²) < 4.78 is 10.9. The van der Waals surface area contributed by atoms with Gasteiger partial charge in [-0.15, -0.1) is 0 Å². The summed E-state index contributed by atoms with van der Waals surface area (Å²) in [6.45, 7) is 5.77. The highest BCUT2D eigenvalue weighted by molar-refractivity contribution is 5.95. The molecule has 6 heteroatoms. The SMILES string of the molecule is CC(C)(C)Oc1ccc(C(N)C(C(=O)O)C(=O)OCc2ccccc2)cc1. The summed E-state index contributed by atoms with van der Waals surface area (Å²) in [6.07, 6.45) is 0. The first-order chi connectivity index (χ1) is 12.7. The molecule has 0 heterocycles. The van der Waals surface area contributed by atoms with Crippen LogP contribution in [0.4, 0.5) is 0 Å². The second-order valence-corrected chi connectivity index (χ2v) is 7.22. The maximum atomic E-state index is 12.3. The lowest BCUT2D eigenvalue weighted by Crippen LogP contribution is -2.36. The van der Waals surface area contributed by atoms with Crippen LogP contribution in [0.5, 0.6) is 5.75 Å². The van der Waals surface area contributed by atoms with Crippen molar-refractivity contribution >= 4 is 11.9 Å². The minimum atomic E-state index is -1.50. The molecule has 2 rings (SSSR count). The summed E-state index contributed by atoms with van der Waals surface area (Å²) in [5.74, 6) is -3.05. The van der Waals surface area contributed by atoms with Crippen LogP contribution < -0.4 is 10.5 Å². The number of nitrogens with two attached hydrogens (primary N) is 1. The lowest BCUT2D eigenvalue weighted by molar-refractivity contribution is -0.160. The molecule has 0 aliphatic heterocycles. The number of hydrogen-bond acceptors (Lipinski definition) is 5. The first kappa shape index (κ1) is 20.5. The number of carboxylic acids is 1. The Balaban J connectivity index is 2.08. The Bertz CT molecular complexity index is 765. The van der Waals surface area contributed by atoms with E-state index in [1.54, 1.807) is 36.4 Å². The Labute approximate surface area is 158 Å². The molecule has 0 bridgehead atoms. The van der Waals surface area contributed by atoms with E-state index in [1.807, 2.05) is 39.0 Å². The van der Waals surface area contributed by atoms with Gasteiger partial charge in [0.2, 0.25) is 0 Å². The van der Waals surface area contributed by atoms with E-state index in [2.05, 4.69) is 0 Å². The highest BCUT2D eigenvalue weighted by Crippen LogP contribution is 2.25. The van der Waals surface area contributed by atoms with Gasteiger partial charge in [0.15, 0.2) is 5.92 Å². The quantitative estimate of drug-likeness (QED) is 0.572. The zero-order valence-electron chi connectivity index (χ0n) is 15.7. The fourth-order valence-electron chi connectivity index (χ4n) is 2.52. The highest BCUT2D eigenvalue weighted by atomic mass is 16.5. The number of esters is 1. The predicted molar refractivity (Wildman–Crippen MR) is 101 cm³/mol. The number of hydrogen-bond donors (Lipinski definition) is 2. The number of benzene rings is 2. The third kappa shape index (κ3) is 6.11. The van der Waals surface area contributed by atoms with Crippen molar-refractivity contribution < 1.29 is 24.2 Å². The molecule has 0 spiro atoms. The van der Waals surface area contributed by atoms with Gasteiger partial charge in [-0.05, 0) is 44.0 Å². The maximum Gasteiger partial charge on any atom is 0.322 e. The topological polar surface area (TPSA) is 98.9 Å². The third-order valence-electron chi connectivity index (χ3n) is 3.79. The van der Waals surface area contributed by atoms with Gasteiger partial charge in [0.25, 0.3) is 0 Å². The van der Waals surface area contributed by atoms with Gasteiger partial charge in [-0.25, -0.2) is 0 Å². The van der Waals surface area contributed by atoms with Crippen molar-refractivity contribution in [2.45, 2.75) is 39.0 Å². The number of carbonyl (C=O) groups is 2. The molecule has 0 aliphatic rings. The van der Waals surface area contributed by atoms with Gasteiger partial charge in [0.1, 0.15) is 18.0 Å². The van der Waals surface area contributed by atoms with Crippen LogP contribution in [0.15, 0.2) is 54.6 Å². The van der Waals surface area contributed by atoms with Crippen molar-refractivity contribution in [3.63, 3.8) is 0 Å². The first-order valence-electron chi connectivity index (χ1n) is 8.65. The van der Waals surface area contributed by atoms with Crippen LogP contribution in [-0.4, -0.2) is 22.6 Å². The van der Waals surface area contributed by atoms with Crippen molar-refractivity contribution in [3.05, 3.63) is 65.7 Å². The molecular weight excluding hydrogens is 346 g/mol. The predicted octanol–water partition coefficient (Wildman–Crippen LogP) is 3.31. The van der Waals surface area contributed by atoms with Gasteiger partial charge >= 0.3 is 11.9 Å². The van der Waals surface area contributed by atoms with Crippen molar-refractivity contribution in [2.75, 3.05) is 0 Å². The summed E-state index contributed by atoms with van der Waals surface area (Å²) in [5, 5.41) is 9.47. The summed E-state index contributed by atoms with van der Waals surface area (Å²) in [5.41, 5.74) is 7.00. The molecule has 0 saturated heterocycles. The van der Waals surface area contributed by atoms with Crippen LogP contribution in [0, 0.1) is 5.92 Å². The average Bonchev–Trinajstić information content (AvgIpc) is 2.60. The fourth-order valence-corrected chi connectivity index (χ4v) is 2.52. The Morgan fingerprint density at radius 2 is 1.63 bits per heavy atom. The van der Waals surface area contributed by atoms with Gasteiger partial charge in [-0.1, -0.05) is 42.5 Å². The Morgan fingerprint density at radius 1 is 1.04 bits per heavy atom. The van der Waals surface area contributed by atoms with Crippen LogP contribution in [0.1, 0.15) is 37.9 Å². The molecule has 0 aromatic heterocycles. The molecule has 6 nitrogen and oxygen atoms in total. The van der Waals surface area contributed by atoms with Gasteiger partial charge in [-0.3, -0.25) is 9.59 Å². The van der Waals surface area contributed by atoms with Crippen molar-refractivity contribution in [1.29, 1.82) is 0 Å². The Kier molecular flexibility index (Phi) is 6.58. The molecule has 2 aromatic rings. The number of rotatable bonds is 7. The van der Waals surface area contributed by atoms with Crippen LogP contribution in [-0.2, 0) is 20.9 Å². The average molecular weight is 371 g/mol. The minimum Gasteiger partial charge on any atom is -0.488 e. The summed E-state index contributed by atoms with van der Waals surface area (Å²) in [4.78, 5) is 23.9. The van der Waals surface area contributed by atoms with Gasteiger partial charge < -0.3 is 20.3 Å². The molecule has 0 amide bonds. The Morgan fingerprint density at radius 3 is 2.15 bits per heavy atom. The summed E-state index contributed by atoms with van der Waals surface area (Å²) in [7, 11) is 0. The molecule has 144 valence electrons. The second kappa shape index (κ2) is 8.68. The highest BCUT2D eigenvalue weighted by Gasteiger charge is 2.35. The Hall–Kier alpha value is -2.86. The van der Waals surface area contributed by atoms with E-state index < -0.39 is 23.9 Å². The summed E-state index contributed by atoms with van der Waals surface area (Å²) in [6, 6.07) is 14.7. The van der Waals surface area contributed by atoms with Crippen LogP contribution >= 0.6 is 0 Å². The van der Waals surface area contributed by atoms with E-state index >= 15 is 0 Å². The smallest absolute Gasteiger partial charge is 0.322 e. The molecule has 3 N–H and O–H groups in total. The van der Waals surface area contributed by atoms with Gasteiger partial charge in [0.05, 0.1) is 6.04 Å². The largest absolute Gasteiger partial charge is 0.488 e. The van der Waals surface area contributed by atoms with E-state index in [-0.39, 0.29) is 12.2 Å². The first-order valence-corrected chi connectivity index (χ1v) is 8.65. The number of carboxylic acid groups (broad SMARTS) is 1. The number of aliphatic carboxylic acids is 1. The normalized spacial score (nSPS) is 13.5. The second-order valence-electron chi connectivity index (χ2n) is 7.22. The molecule has 0 aliphatic carbocycles. The van der Waals surface area contributed by atoms with E-state index in [4.69, 9.17) is 15.2 Å². The third-order valence-corrected chi connectivity index (χ3v) is 3.79. The van der Waals surface area contributed by atoms with E-state index in [1.165, 1.54) is 0 Å². The summed E-state index contributed by atoms with van der Waals surface area (Å²) >= 11 is 0. The number of carbonyl (C=O) groups excluding carboxylic acids is 1. The fraction of sp³-hybridized carbons (Fsp3) is 0.333. The van der Waals surface area contributed by atoms with Gasteiger partial charge in [-0.2, -0.15) is 0 Å². The number of ether oxygens (including phenoxy) is 2. The van der Waals surface area contributed by atoms with E-state index in [0.717, 1.165) is 5.56 Å². The molecule has 0 radical (unpaired) electrons. The molecule has 0 saturated carbocycles.